The van der Waals surface area contributed by atoms with Crippen molar-refractivity contribution >= 4 is 18.1 Å². The second kappa shape index (κ2) is 21.1. The lowest BCUT2D eigenvalue weighted by atomic mass is 10.1. The van der Waals surface area contributed by atoms with Crippen molar-refractivity contribution in [1.82, 2.24) is 5.32 Å². The van der Waals surface area contributed by atoms with Crippen molar-refractivity contribution in [2.75, 3.05) is 46.1 Å². The lowest BCUT2D eigenvalue weighted by Crippen LogP contribution is -2.46. The van der Waals surface area contributed by atoms with Gasteiger partial charge in [0.05, 0.1) is 0 Å². The molecule has 0 rings (SSSR count). The Kier molecular flexibility index (Phi) is 21.2. The maximum absolute atomic E-state index is 5.90. The molecule has 0 heterocycles. The molecule has 0 aliphatic rings. The molecule has 0 spiro atoms. The highest BCUT2D eigenvalue weighted by Crippen LogP contribution is 2.21. The fourth-order valence-electron chi connectivity index (χ4n) is 3.64. The fraction of sp³-hybridized carbons (Fsp3) is 1.00. The quantitative estimate of drug-likeness (QED) is 0.168. The molecule has 0 saturated heterocycles. The molecular weight excluding hydrogens is 414 g/mol. The van der Waals surface area contributed by atoms with Crippen LogP contribution in [-0.2, 0) is 22.1 Å². The summed E-state index contributed by atoms with van der Waals surface area (Å²) in [6.07, 6.45) is 8.74. The highest BCUT2D eigenvalue weighted by atomic mass is 28.4. The van der Waals surface area contributed by atoms with Crippen LogP contribution in [0.1, 0.15) is 86.5 Å². The van der Waals surface area contributed by atoms with Crippen LogP contribution in [0, 0.1) is 0 Å². The Bertz CT molecular complexity index is 343. The van der Waals surface area contributed by atoms with Crippen molar-refractivity contribution in [1.29, 1.82) is 0 Å². The van der Waals surface area contributed by atoms with E-state index in [2.05, 4.69) is 26.1 Å². The lowest BCUT2D eigenvalue weighted by Gasteiger charge is -2.28. The normalized spacial score (nSPS) is 13.3. The Labute approximate surface area is 189 Å². The fourth-order valence-corrected chi connectivity index (χ4v) is 8.17. The third-order valence-electron chi connectivity index (χ3n) is 5.07. The standard InChI is InChI=1S/C22H51NO5Si2/c1-7-24-29(25-8-2)22(6)18-15-13-12-14-16-19-23-20-17-21-30(26-9-3,27-10-4)28-11-5/h22-23,29H,7-21H2,1-6H3. The monoisotopic (exact) mass is 465 g/mol. The minimum atomic E-state index is -2.47. The summed E-state index contributed by atoms with van der Waals surface area (Å²) >= 11 is 0. The van der Waals surface area contributed by atoms with E-state index in [1.54, 1.807) is 0 Å². The third kappa shape index (κ3) is 15.1. The minimum Gasteiger partial charge on any atom is -0.397 e. The van der Waals surface area contributed by atoms with E-state index in [9.17, 15) is 0 Å². The van der Waals surface area contributed by atoms with Gasteiger partial charge in [0, 0.05) is 39.1 Å². The predicted octanol–water partition coefficient (Wildman–Crippen LogP) is 5.04. The summed E-state index contributed by atoms with van der Waals surface area (Å²) in [5, 5.41) is 3.56. The first-order chi connectivity index (χ1) is 14.6. The van der Waals surface area contributed by atoms with E-state index in [1.807, 2.05) is 20.8 Å². The molecule has 182 valence electrons. The Morgan fingerprint density at radius 2 is 1.17 bits per heavy atom. The van der Waals surface area contributed by atoms with Crippen LogP contribution in [0.5, 0.6) is 0 Å². The van der Waals surface area contributed by atoms with Gasteiger partial charge in [-0.25, -0.2) is 0 Å². The zero-order chi connectivity index (χ0) is 22.5. The SMILES string of the molecule is CCO[SiH](OCC)C(C)CCCCCCCNCCC[Si](OCC)(OCC)OCC. The van der Waals surface area contributed by atoms with Crippen LogP contribution in [0.4, 0.5) is 0 Å². The van der Waals surface area contributed by atoms with Crippen molar-refractivity contribution in [2.45, 2.75) is 98.1 Å². The highest BCUT2D eigenvalue weighted by Gasteiger charge is 2.39. The Morgan fingerprint density at radius 1 is 0.667 bits per heavy atom. The number of rotatable bonds is 23. The van der Waals surface area contributed by atoms with Crippen molar-refractivity contribution in [3.63, 3.8) is 0 Å². The first-order valence-corrected chi connectivity index (χ1v) is 16.0. The van der Waals surface area contributed by atoms with Gasteiger partial charge in [0.15, 0.2) is 0 Å². The Morgan fingerprint density at radius 3 is 1.70 bits per heavy atom. The maximum atomic E-state index is 5.90. The molecule has 8 heteroatoms. The summed E-state index contributed by atoms with van der Waals surface area (Å²) in [6, 6.07) is 0.890. The van der Waals surface area contributed by atoms with E-state index in [1.165, 1.54) is 38.5 Å². The molecule has 30 heavy (non-hydrogen) atoms. The van der Waals surface area contributed by atoms with Gasteiger partial charge in [0.2, 0.25) is 0 Å². The van der Waals surface area contributed by atoms with Gasteiger partial charge < -0.3 is 27.4 Å². The van der Waals surface area contributed by atoms with Crippen LogP contribution in [0.3, 0.4) is 0 Å². The first kappa shape index (κ1) is 30.2. The number of unbranched alkanes of at least 4 members (excludes halogenated alkanes) is 4. The Hall–Kier alpha value is 0.194. The summed E-state index contributed by atoms with van der Waals surface area (Å²) in [4.78, 5) is 0. The topological polar surface area (TPSA) is 58.2 Å². The van der Waals surface area contributed by atoms with Gasteiger partial charge in [-0.15, -0.1) is 0 Å². The molecule has 0 aromatic rings. The highest BCUT2D eigenvalue weighted by molar-refractivity contribution is 6.60. The van der Waals surface area contributed by atoms with E-state index < -0.39 is 18.1 Å². The summed E-state index contributed by atoms with van der Waals surface area (Å²) < 4.78 is 29.4. The van der Waals surface area contributed by atoms with Gasteiger partial charge in [-0.3, -0.25) is 0 Å². The van der Waals surface area contributed by atoms with Gasteiger partial charge >= 0.3 is 18.1 Å². The summed E-state index contributed by atoms with van der Waals surface area (Å²) in [6.45, 7) is 18.1. The maximum Gasteiger partial charge on any atom is 0.500 e. The van der Waals surface area contributed by atoms with Gasteiger partial charge in [-0.2, -0.15) is 0 Å². The number of nitrogens with one attached hydrogen (secondary N) is 1. The van der Waals surface area contributed by atoms with Crippen molar-refractivity contribution in [2.24, 2.45) is 0 Å². The molecule has 0 amide bonds. The van der Waals surface area contributed by atoms with Crippen molar-refractivity contribution < 1.29 is 22.1 Å². The third-order valence-corrected chi connectivity index (χ3v) is 10.8. The van der Waals surface area contributed by atoms with Gasteiger partial charge in [-0.1, -0.05) is 32.6 Å². The molecule has 0 aromatic carbocycles. The van der Waals surface area contributed by atoms with E-state index in [4.69, 9.17) is 22.1 Å². The van der Waals surface area contributed by atoms with E-state index in [-0.39, 0.29) is 0 Å². The van der Waals surface area contributed by atoms with E-state index in [0.29, 0.717) is 25.4 Å². The first-order valence-electron chi connectivity index (χ1n) is 12.4. The van der Waals surface area contributed by atoms with Crippen LogP contribution in [0.15, 0.2) is 0 Å². The molecule has 0 radical (unpaired) electrons. The minimum absolute atomic E-state index is 0.604. The van der Waals surface area contributed by atoms with Crippen LogP contribution in [0.2, 0.25) is 11.6 Å². The zero-order valence-corrected chi connectivity index (χ0v) is 23.0. The second-order valence-corrected chi connectivity index (χ2v) is 12.9. The average Bonchev–Trinajstić information content (AvgIpc) is 2.72. The molecule has 1 atom stereocenters. The molecule has 0 bridgehead atoms. The van der Waals surface area contributed by atoms with Crippen molar-refractivity contribution in [3.8, 4) is 0 Å². The molecule has 6 nitrogen and oxygen atoms in total. The molecule has 0 saturated carbocycles. The van der Waals surface area contributed by atoms with Gasteiger partial charge in [0.1, 0.15) is 0 Å². The summed E-state index contributed by atoms with van der Waals surface area (Å²) in [5.41, 5.74) is 0.604. The molecule has 0 aliphatic carbocycles. The number of hydrogen-bond donors (Lipinski definition) is 1. The largest absolute Gasteiger partial charge is 0.500 e. The zero-order valence-electron chi connectivity index (χ0n) is 20.8. The predicted molar refractivity (Wildman–Crippen MR) is 130 cm³/mol. The summed E-state index contributed by atoms with van der Waals surface area (Å²) in [5.74, 6) is 0. The molecule has 1 N–H and O–H groups in total. The van der Waals surface area contributed by atoms with E-state index in [0.717, 1.165) is 38.8 Å². The molecular formula is C22H51NO5Si2. The average molecular weight is 466 g/mol. The molecule has 1 unspecified atom stereocenters. The van der Waals surface area contributed by atoms with Gasteiger partial charge in [-0.05, 0) is 72.5 Å². The Balaban J connectivity index is 3.73. The summed E-state index contributed by atoms with van der Waals surface area (Å²) in [7, 11) is -3.94. The smallest absolute Gasteiger partial charge is 0.397 e. The lowest BCUT2D eigenvalue weighted by molar-refractivity contribution is 0.0708. The van der Waals surface area contributed by atoms with Crippen LogP contribution >= 0.6 is 0 Å². The van der Waals surface area contributed by atoms with Crippen LogP contribution in [0.25, 0.3) is 0 Å². The van der Waals surface area contributed by atoms with E-state index >= 15 is 0 Å². The number of hydrogen-bond acceptors (Lipinski definition) is 6. The van der Waals surface area contributed by atoms with Crippen LogP contribution < -0.4 is 5.32 Å². The van der Waals surface area contributed by atoms with Crippen LogP contribution in [-0.4, -0.2) is 64.2 Å². The molecule has 0 aromatic heterocycles. The van der Waals surface area contributed by atoms with Crippen molar-refractivity contribution in [3.05, 3.63) is 0 Å². The van der Waals surface area contributed by atoms with Gasteiger partial charge in [0.25, 0.3) is 0 Å². The molecule has 0 aliphatic heterocycles. The molecule has 0 fully saturated rings. The second-order valence-electron chi connectivity index (χ2n) is 7.65.